The predicted molar refractivity (Wildman–Crippen MR) is 232 cm³/mol. The van der Waals surface area contributed by atoms with Crippen LogP contribution in [0.2, 0.25) is 0 Å². The lowest BCUT2D eigenvalue weighted by Crippen LogP contribution is -1.94. The van der Waals surface area contributed by atoms with Gasteiger partial charge < -0.3 is 0 Å². The molecule has 0 N–H and O–H groups in total. The summed E-state index contributed by atoms with van der Waals surface area (Å²) >= 11 is 0. The number of nitrogens with zero attached hydrogens (tertiary/aromatic N) is 4. The summed E-state index contributed by atoms with van der Waals surface area (Å²) in [7, 11) is 0. The van der Waals surface area contributed by atoms with Crippen molar-refractivity contribution in [1.29, 1.82) is 0 Å². The summed E-state index contributed by atoms with van der Waals surface area (Å²) < 4.78 is 41.7. The first-order valence-corrected chi connectivity index (χ1v) is 18.5. The number of fused-ring (bicyclic) bond motifs is 6. The van der Waals surface area contributed by atoms with Crippen molar-refractivity contribution in [3.63, 3.8) is 0 Å². The Kier molecular flexibility index (Phi) is 6.33. The highest BCUT2D eigenvalue weighted by atomic mass is 14.8. The maximum atomic E-state index is 8.59. The Morgan fingerprint density at radius 3 is 1.46 bits per heavy atom. The first kappa shape index (κ1) is 27.1. The second-order valence-corrected chi connectivity index (χ2v) is 13.8. The average molecular weight is 718 g/mol. The fraction of sp³-hybridized carbons (Fsp3) is 0. The Hall–Kier alpha value is -7.56. The van der Waals surface area contributed by atoms with E-state index in [1.165, 1.54) is 5.56 Å². The van der Waals surface area contributed by atoms with Gasteiger partial charge in [-0.1, -0.05) is 164 Å². The summed E-state index contributed by atoms with van der Waals surface area (Å²) in [6.07, 6.45) is 3.52. The fourth-order valence-electron chi connectivity index (χ4n) is 8.14. The van der Waals surface area contributed by atoms with E-state index in [1.807, 2.05) is 36.4 Å². The molecule has 11 aromatic rings. The van der Waals surface area contributed by atoms with Crippen molar-refractivity contribution in [3.05, 3.63) is 194 Å². The molecular formula is C52H32N4. The molecule has 4 nitrogen and oxygen atoms in total. The van der Waals surface area contributed by atoms with E-state index < -0.39 is 18.1 Å². The van der Waals surface area contributed by atoms with Crippen LogP contribution in [0.4, 0.5) is 0 Å². The van der Waals surface area contributed by atoms with Crippen molar-refractivity contribution in [3.8, 4) is 56.2 Å². The van der Waals surface area contributed by atoms with Gasteiger partial charge in [0.1, 0.15) is 0 Å². The van der Waals surface area contributed by atoms with E-state index in [4.69, 9.17) is 16.8 Å². The van der Waals surface area contributed by atoms with Crippen LogP contribution >= 0.6 is 0 Å². The highest BCUT2D eigenvalue weighted by molar-refractivity contribution is 6.24. The van der Waals surface area contributed by atoms with Gasteiger partial charge in [0.05, 0.1) is 29.3 Å². The first-order chi connectivity index (χ1) is 29.9. The molecule has 4 heteroatoms. The van der Waals surface area contributed by atoms with Crippen LogP contribution in [0.25, 0.3) is 110 Å². The molecule has 0 radical (unpaired) electrons. The molecule has 0 aliphatic heterocycles. The number of hydrogen-bond acceptors (Lipinski definition) is 4. The number of aromatic nitrogens is 4. The van der Waals surface area contributed by atoms with Gasteiger partial charge in [-0.3, -0.25) is 0 Å². The van der Waals surface area contributed by atoms with Crippen LogP contribution in [0.1, 0.15) is 6.85 Å². The molecule has 260 valence electrons. The van der Waals surface area contributed by atoms with Crippen LogP contribution in [0.5, 0.6) is 0 Å². The smallest absolute Gasteiger partial charge is 0.159 e. The van der Waals surface area contributed by atoms with Crippen molar-refractivity contribution in [2.45, 2.75) is 0 Å². The standard InChI is InChI=1S/C52H32N4/c1-2-11-33(12-3-1)46-29-25-35-21-22-36-26-30-47(56-51(36)50(35)55-46)40-27-28-45(39-14-5-4-13-38(39)40)49-43-17-8-6-15-41(43)48(42-16-7-9-18-44(42)49)34-19-23-37(24-20-34)52-53-31-10-32-54-52/h1-32H/i1D,2D,3D,11D,12D. The van der Waals surface area contributed by atoms with Gasteiger partial charge in [-0.15, -0.1) is 0 Å². The molecule has 0 unspecified atom stereocenters. The highest BCUT2D eigenvalue weighted by Crippen LogP contribution is 2.46. The number of pyridine rings is 2. The molecule has 0 spiro atoms. The summed E-state index contributed by atoms with van der Waals surface area (Å²) in [5.41, 5.74) is 8.87. The van der Waals surface area contributed by atoms with E-state index in [2.05, 4.69) is 119 Å². The van der Waals surface area contributed by atoms with Gasteiger partial charge in [0.25, 0.3) is 0 Å². The Bertz CT molecular complexity index is 3510. The normalized spacial score (nSPS) is 12.8. The van der Waals surface area contributed by atoms with Crippen LogP contribution in [0.3, 0.4) is 0 Å². The molecule has 0 fully saturated rings. The summed E-state index contributed by atoms with van der Waals surface area (Å²) in [5.74, 6) is 0.694. The van der Waals surface area contributed by atoms with Crippen LogP contribution in [0.15, 0.2) is 194 Å². The lowest BCUT2D eigenvalue weighted by molar-refractivity contribution is 1.18. The molecule has 0 atom stereocenters. The largest absolute Gasteiger partial charge is 0.245 e. The van der Waals surface area contributed by atoms with Crippen molar-refractivity contribution in [1.82, 2.24) is 19.9 Å². The lowest BCUT2D eigenvalue weighted by atomic mass is 9.84. The molecule has 0 saturated heterocycles. The maximum absolute atomic E-state index is 8.59. The molecule has 3 heterocycles. The third-order valence-electron chi connectivity index (χ3n) is 10.7. The van der Waals surface area contributed by atoms with Crippen LogP contribution in [-0.4, -0.2) is 19.9 Å². The Morgan fingerprint density at radius 1 is 0.357 bits per heavy atom. The molecule has 3 aromatic heterocycles. The second-order valence-electron chi connectivity index (χ2n) is 13.8. The van der Waals surface area contributed by atoms with Crippen LogP contribution in [0, 0.1) is 0 Å². The predicted octanol–water partition coefficient (Wildman–Crippen LogP) is 13.4. The van der Waals surface area contributed by atoms with Crippen LogP contribution < -0.4 is 0 Å². The summed E-state index contributed by atoms with van der Waals surface area (Å²) in [4.78, 5) is 19.1. The highest BCUT2D eigenvalue weighted by Gasteiger charge is 2.20. The van der Waals surface area contributed by atoms with Crippen molar-refractivity contribution < 1.29 is 6.85 Å². The maximum Gasteiger partial charge on any atom is 0.159 e. The third kappa shape index (κ3) is 5.23. The second kappa shape index (κ2) is 13.1. The monoisotopic (exact) mass is 717 g/mol. The molecule has 0 amide bonds. The molecule has 0 aliphatic carbocycles. The number of hydrogen-bond donors (Lipinski definition) is 0. The minimum absolute atomic E-state index is 0.0618. The van der Waals surface area contributed by atoms with E-state index in [9.17, 15) is 0 Å². The SMILES string of the molecule is [2H]c1c([2H])c([2H])c(-c2ccc3ccc4ccc(-c5ccc(-c6c7ccccc7c(-c7ccc(-c8ncccn8)cc7)c7ccccc67)c6ccccc56)nc4c3n2)c([2H])c1[2H]. The quantitative estimate of drug-likeness (QED) is 0.131. The average Bonchev–Trinajstić information content (AvgIpc) is 3.32. The van der Waals surface area contributed by atoms with Crippen LogP contribution in [-0.2, 0) is 0 Å². The first-order valence-electron chi connectivity index (χ1n) is 21.0. The van der Waals surface area contributed by atoms with E-state index in [-0.39, 0.29) is 17.6 Å². The Morgan fingerprint density at radius 2 is 0.839 bits per heavy atom. The van der Waals surface area contributed by atoms with E-state index in [0.29, 0.717) is 22.6 Å². The van der Waals surface area contributed by atoms with E-state index in [1.54, 1.807) is 18.5 Å². The Balaban J connectivity index is 1.09. The van der Waals surface area contributed by atoms with E-state index >= 15 is 0 Å². The summed E-state index contributed by atoms with van der Waals surface area (Å²) in [5, 5.41) is 8.48. The molecule has 8 aromatic carbocycles. The Labute approximate surface area is 330 Å². The van der Waals surface area contributed by atoms with Gasteiger partial charge >= 0.3 is 0 Å². The van der Waals surface area contributed by atoms with Gasteiger partial charge in [0, 0.05) is 39.9 Å². The summed E-state index contributed by atoms with van der Waals surface area (Å²) in [6, 6.07) is 50.3. The van der Waals surface area contributed by atoms with E-state index in [0.717, 1.165) is 76.6 Å². The minimum Gasteiger partial charge on any atom is -0.245 e. The molecule has 0 bridgehead atoms. The molecular weight excluding hydrogens is 681 g/mol. The van der Waals surface area contributed by atoms with Crippen molar-refractivity contribution in [2.75, 3.05) is 0 Å². The topological polar surface area (TPSA) is 51.6 Å². The van der Waals surface area contributed by atoms with Gasteiger partial charge in [-0.25, -0.2) is 19.9 Å². The zero-order valence-electron chi connectivity index (χ0n) is 34.9. The van der Waals surface area contributed by atoms with Gasteiger partial charge in [0.2, 0.25) is 0 Å². The van der Waals surface area contributed by atoms with Crippen molar-refractivity contribution >= 4 is 54.1 Å². The zero-order chi connectivity index (χ0) is 41.4. The number of benzene rings is 8. The molecule has 0 aliphatic rings. The summed E-state index contributed by atoms with van der Waals surface area (Å²) in [6.45, 7) is 0. The van der Waals surface area contributed by atoms with Crippen molar-refractivity contribution in [2.24, 2.45) is 0 Å². The van der Waals surface area contributed by atoms with Gasteiger partial charge in [0.15, 0.2) is 5.82 Å². The minimum atomic E-state index is -0.436. The molecule has 56 heavy (non-hydrogen) atoms. The van der Waals surface area contributed by atoms with Gasteiger partial charge in [-0.2, -0.15) is 0 Å². The van der Waals surface area contributed by atoms with Gasteiger partial charge in [-0.05, 0) is 72.8 Å². The molecule has 0 saturated carbocycles. The fourth-order valence-corrected chi connectivity index (χ4v) is 8.14. The molecule has 11 rings (SSSR count). The zero-order valence-corrected chi connectivity index (χ0v) is 29.9. The number of rotatable bonds is 5. The lowest BCUT2D eigenvalue weighted by Gasteiger charge is -2.19. The third-order valence-corrected chi connectivity index (χ3v) is 10.7.